The van der Waals surface area contributed by atoms with Crippen molar-refractivity contribution in [2.24, 2.45) is 0 Å². The third-order valence-corrected chi connectivity index (χ3v) is 2.77. The molecule has 0 fully saturated rings. The summed E-state index contributed by atoms with van der Waals surface area (Å²) in [6.45, 7) is 2.83. The average molecular weight is 252 g/mol. The summed E-state index contributed by atoms with van der Waals surface area (Å²) >= 11 is 0. The van der Waals surface area contributed by atoms with Crippen molar-refractivity contribution < 1.29 is 18.0 Å². The predicted molar refractivity (Wildman–Crippen MR) is 61.8 cm³/mol. The second kappa shape index (κ2) is 4.33. The molecule has 3 nitrogen and oxygen atoms in total. The van der Waals surface area contributed by atoms with Crippen LogP contribution in [0, 0.1) is 18.6 Å². The first-order valence-corrected chi connectivity index (χ1v) is 5.41. The number of ketones is 1. The minimum atomic E-state index is -0.919. The summed E-state index contributed by atoms with van der Waals surface area (Å²) in [7, 11) is 0. The number of hydrogen-bond donors (Lipinski definition) is 0. The molecule has 18 heavy (non-hydrogen) atoms. The number of benzene rings is 1. The van der Waals surface area contributed by atoms with Gasteiger partial charge >= 0.3 is 5.63 Å². The van der Waals surface area contributed by atoms with Gasteiger partial charge in [-0.3, -0.25) is 4.79 Å². The van der Waals surface area contributed by atoms with Gasteiger partial charge < -0.3 is 4.42 Å². The lowest BCUT2D eigenvalue weighted by atomic mass is 10.1. The van der Waals surface area contributed by atoms with Crippen molar-refractivity contribution in [3.63, 3.8) is 0 Å². The Balaban J connectivity index is 2.85. The molecular formula is C13H10F2O3. The highest BCUT2D eigenvalue weighted by Crippen LogP contribution is 2.23. The number of fused-ring (bicyclic) bond motifs is 1. The van der Waals surface area contributed by atoms with E-state index in [-0.39, 0.29) is 28.5 Å². The Morgan fingerprint density at radius 3 is 2.61 bits per heavy atom. The lowest BCUT2D eigenvalue weighted by Gasteiger charge is -2.04. The molecule has 0 unspecified atom stereocenters. The second-order valence-electron chi connectivity index (χ2n) is 3.94. The van der Waals surface area contributed by atoms with Crippen LogP contribution < -0.4 is 5.63 Å². The normalized spacial score (nSPS) is 10.9. The molecule has 0 aliphatic heterocycles. The lowest BCUT2D eigenvalue weighted by molar-refractivity contribution is 0.0984. The fourth-order valence-corrected chi connectivity index (χ4v) is 1.67. The van der Waals surface area contributed by atoms with E-state index < -0.39 is 23.0 Å². The standard InChI is InChI=1S/C13H10F2O3/c1-3-10(16)8-4-7-5-9(14)6(2)11(15)12(7)18-13(8)17/h4-5H,3H2,1-2H3. The van der Waals surface area contributed by atoms with Crippen LogP contribution in [0.3, 0.4) is 0 Å². The summed E-state index contributed by atoms with van der Waals surface area (Å²) < 4.78 is 31.8. The van der Waals surface area contributed by atoms with Gasteiger partial charge in [0.15, 0.2) is 17.2 Å². The SMILES string of the molecule is CCC(=O)c1cc2cc(F)c(C)c(F)c2oc1=O. The van der Waals surface area contributed by atoms with E-state index in [1.54, 1.807) is 6.92 Å². The van der Waals surface area contributed by atoms with Crippen LogP contribution in [-0.4, -0.2) is 5.78 Å². The molecule has 2 aromatic rings. The molecule has 0 radical (unpaired) electrons. The van der Waals surface area contributed by atoms with E-state index in [0.29, 0.717) is 0 Å². The van der Waals surface area contributed by atoms with Crippen molar-refractivity contribution in [2.75, 3.05) is 0 Å². The number of hydrogen-bond acceptors (Lipinski definition) is 3. The maximum Gasteiger partial charge on any atom is 0.347 e. The highest BCUT2D eigenvalue weighted by atomic mass is 19.1. The maximum absolute atomic E-state index is 13.7. The topological polar surface area (TPSA) is 47.3 Å². The lowest BCUT2D eigenvalue weighted by Crippen LogP contribution is -2.13. The third-order valence-electron chi connectivity index (χ3n) is 2.77. The van der Waals surface area contributed by atoms with Crippen LogP contribution in [0.1, 0.15) is 29.3 Å². The number of Topliss-reactive ketones (excluding diaryl/α,β-unsaturated/α-hetero) is 1. The van der Waals surface area contributed by atoms with Gasteiger partial charge in [-0.15, -0.1) is 0 Å². The highest BCUT2D eigenvalue weighted by Gasteiger charge is 2.17. The zero-order valence-corrected chi connectivity index (χ0v) is 9.84. The summed E-state index contributed by atoms with van der Waals surface area (Å²) in [6, 6.07) is 2.21. The molecular weight excluding hydrogens is 242 g/mol. The van der Waals surface area contributed by atoms with Crippen LogP contribution in [0.15, 0.2) is 21.3 Å². The molecule has 1 heterocycles. The molecule has 0 atom stereocenters. The van der Waals surface area contributed by atoms with Crippen LogP contribution in [0.4, 0.5) is 8.78 Å². The summed E-state index contributed by atoms with van der Waals surface area (Å²) in [5.41, 5.74) is -1.64. The first kappa shape index (κ1) is 12.4. The van der Waals surface area contributed by atoms with E-state index in [0.717, 1.165) is 6.07 Å². The first-order valence-electron chi connectivity index (χ1n) is 5.41. The molecule has 0 saturated carbocycles. The number of rotatable bonds is 2. The Kier molecular flexibility index (Phi) is 2.98. The van der Waals surface area contributed by atoms with Crippen molar-refractivity contribution >= 4 is 16.8 Å². The molecule has 0 aliphatic rings. The Hall–Kier alpha value is -2.04. The minimum absolute atomic E-state index is 0.0620. The van der Waals surface area contributed by atoms with Crippen molar-refractivity contribution in [3.05, 3.63) is 45.3 Å². The molecule has 0 bridgehead atoms. The van der Waals surface area contributed by atoms with Crippen LogP contribution in [0.5, 0.6) is 0 Å². The molecule has 2 rings (SSSR count). The molecule has 0 aliphatic carbocycles. The van der Waals surface area contributed by atoms with Crippen molar-refractivity contribution in [1.29, 1.82) is 0 Å². The van der Waals surface area contributed by atoms with Crippen LogP contribution >= 0.6 is 0 Å². The molecule has 0 spiro atoms. The number of carbonyl (C=O) groups excluding carboxylic acids is 1. The predicted octanol–water partition coefficient (Wildman–Crippen LogP) is 2.97. The molecule has 0 saturated heterocycles. The van der Waals surface area contributed by atoms with E-state index in [4.69, 9.17) is 4.42 Å². The number of halogens is 2. The van der Waals surface area contributed by atoms with E-state index >= 15 is 0 Å². The fourth-order valence-electron chi connectivity index (χ4n) is 1.67. The molecule has 0 N–H and O–H groups in total. The summed E-state index contributed by atoms with van der Waals surface area (Å²) in [5, 5.41) is 0.0620. The van der Waals surface area contributed by atoms with Gasteiger partial charge in [0.1, 0.15) is 11.4 Å². The van der Waals surface area contributed by atoms with Gasteiger partial charge in [-0.1, -0.05) is 6.92 Å². The van der Waals surface area contributed by atoms with Gasteiger partial charge in [0.25, 0.3) is 0 Å². The Morgan fingerprint density at radius 2 is 2.00 bits per heavy atom. The average Bonchev–Trinajstić information content (AvgIpc) is 2.36. The van der Waals surface area contributed by atoms with Crippen molar-refractivity contribution in [3.8, 4) is 0 Å². The molecule has 1 aromatic carbocycles. The van der Waals surface area contributed by atoms with Crippen LogP contribution in [-0.2, 0) is 0 Å². The summed E-state index contributed by atoms with van der Waals surface area (Å²) in [4.78, 5) is 23.0. The zero-order chi connectivity index (χ0) is 13.4. The van der Waals surface area contributed by atoms with Gasteiger partial charge in [-0.25, -0.2) is 13.6 Å². The van der Waals surface area contributed by atoms with Gasteiger partial charge in [0.2, 0.25) is 0 Å². The van der Waals surface area contributed by atoms with Crippen molar-refractivity contribution in [2.45, 2.75) is 20.3 Å². The molecule has 1 aromatic heterocycles. The van der Waals surface area contributed by atoms with Gasteiger partial charge in [-0.05, 0) is 19.1 Å². The third kappa shape index (κ3) is 1.81. The van der Waals surface area contributed by atoms with Gasteiger partial charge in [-0.2, -0.15) is 0 Å². The Bertz CT molecular complexity index is 701. The summed E-state index contributed by atoms with van der Waals surface area (Å²) in [5.74, 6) is -2.09. The van der Waals surface area contributed by atoms with E-state index in [1.165, 1.54) is 13.0 Å². The van der Waals surface area contributed by atoms with Crippen molar-refractivity contribution in [1.82, 2.24) is 0 Å². The second-order valence-corrected chi connectivity index (χ2v) is 3.94. The number of carbonyl (C=O) groups is 1. The minimum Gasteiger partial charge on any atom is -0.419 e. The van der Waals surface area contributed by atoms with Crippen LogP contribution in [0.25, 0.3) is 11.0 Å². The van der Waals surface area contributed by atoms with Crippen LogP contribution in [0.2, 0.25) is 0 Å². The zero-order valence-electron chi connectivity index (χ0n) is 9.84. The quantitative estimate of drug-likeness (QED) is 0.609. The molecule has 94 valence electrons. The maximum atomic E-state index is 13.7. The Labute approximate surface area is 101 Å². The highest BCUT2D eigenvalue weighted by molar-refractivity contribution is 5.98. The van der Waals surface area contributed by atoms with E-state index in [1.807, 2.05) is 0 Å². The Morgan fingerprint density at radius 1 is 1.33 bits per heavy atom. The fraction of sp³-hybridized carbons (Fsp3) is 0.231. The first-order chi connectivity index (χ1) is 8.45. The molecule has 0 amide bonds. The van der Waals surface area contributed by atoms with Gasteiger partial charge in [0.05, 0.1) is 0 Å². The smallest absolute Gasteiger partial charge is 0.347 e. The van der Waals surface area contributed by atoms with Gasteiger partial charge in [0, 0.05) is 17.4 Å². The van der Waals surface area contributed by atoms with E-state index in [9.17, 15) is 18.4 Å². The van der Waals surface area contributed by atoms with E-state index in [2.05, 4.69) is 0 Å². The monoisotopic (exact) mass is 252 g/mol. The molecule has 5 heteroatoms. The largest absolute Gasteiger partial charge is 0.419 e. The summed E-state index contributed by atoms with van der Waals surface area (Å²) in [6.07, 6.45) is 0.118.